The Morgan fingerprint density at radius 1 is 1.03 bits per heavy atom. The molecule has 160 valence electrons. The molecule has 0 radical (unpaired) electrons. The van der Waals surface area contributed by atoms with Gasteiger partial charge in [-0.15, -0.1) is 0 Å². The van der Waals surface area contributed by atoms with Crippen LogP contribution in [0.5, 0.6) is 0 Å². The van der Waals surface area contributed by atoms with Crippen LogP contribution in [0.25, 0.3) is 21.9 Å². The van der Waals surface area contributed by atoms with Crippen molar-refractivity contribution < 1.29 is 17.6 Å². The van der Waals surface area contributed by atoms with Crippen molar-refractivity contribution in [3.8, 4) is 0 Å². The molecule has 0 saturated carbocycles. The van der Waals surface area contributed by atoms with Crippen LogP contribution in [0.1, 0.15) is 12.5 Å². The van der Waals surface area contributed by atoms with Gasteiger partial charge >= 0.3 is 0 Å². The fourth-order valence-electron chi connectivity index (χ4n) is 3.65. The molecule has 3 aromatic carbocycles. The average Bonchev–Trinajstić information content (AvgIpc) is 3.07. The minimum absolute atomic E-state index is 0.366. The number of carbonyl (C=O) groups excluding carboxylic acids is 1. The molecule has 4 aromatic rings. The van der Waals surface area contributed by atoms with E-state index in [1.54, 1.807) is 37.3 Å². The summed E-state index contributed by atoms with van der Waals surface area (Å²) in [6, 6.07) is 17.0. The van der Waals surface area contributed by atoms with E-state index >= 15 is 0 Å². The largest absolute Gasteiger partial charge is 0.456 e. The Morgan fingerprint density at radius 2 is 1.74 bits per heavy atom. The Hall–Kier alpha value is -3.03. The van der Waals surface area contributed by atoms with Gasteiger partial charge in [0.05, 0.1) is 11.9 Å². The number of nitrogens with one attached hydrogen (secondary N) is 1. The molecule has 1 N–H and O–H groups in total. The van der Waals surface area contributed by atoms with E-state index in [4.69, 9.17) is 16.0 Å². The maximum absolute atomic E-state index is 13.0. The van der Waals surface area contributed by atoms with Gasteiger partial charge in [0, 0.05) is 27.5 Å². The highest BCUT2D eigenvalue weighted by Crippen LogP contribution is 2.31. The fraction of sp³-hybridized carbons (Fsp3) is 0.174. The molecule has 1 unspecified atom stereocenters. The number of hydrogen-bond acceptors (Lipinski definition) is 4. The second-order valence-corrected chi connectivity index (χ2v) is 9.76. The zero-order valence-electron chi connectivity index (χ0n) is 17.2. The lowest BCUT2D eigenvalue weighted by atomic mass is 10.1. The van der Waals surface area contributed by atoms with Gasteiger partial charge < -0.3 is 9.73 Å². The van der Waals surface area contributed by atoms with Crippen molar-refractivity contribution in [1.29, 1.82) is 0 Å². The number of anilines is 2. The summed E-state index contributed by atoms with van der Waals surface area (Å²) in [6.45, 7) is 3.31. The first-order chi connectivity index (χ1) is 14.6. The number of fused-ring (bicyclic) bond motifs is 3. The third-order valence-electron chi connectivity index (χ3n) is 5.14. The number of aryl methyl sites for hydroxylation is 1. The standard InChI is InChI=1S/C23H21ClN2O4S/c1-14-8-9-16(24)12-20(14)26(31(3,28)29)15(2)23(27)25-17-10-11-19-18-6-4-5-7-21(18)30-22(19)13-17/h4-13,15H,1-3H3,(H,25,27). The number of sulfonamides is 1. The first kappa shape index (κ1) is 21.2. The van der Waals surface area contributed by atoms with Crippen LogP contribution in [0.15, 0.2) is 65.1 Å². The molecule has 31 heavy (non-hydrogen) atoms. The number of carbonyl (C=O) groups is 1. The maximum Gasteiger partial charge on any atom is 0.247 e. The van der Waals surface area contributed by atoms with Gasteiger partial charge in [0.15, 0.2) is 0 Å². The molecule has 0 aliphatic rings. The smallest absolute Gasteiger partial charge is 0.247 e. The summed E-state index contributed by atoms with van der Waals surface area (Å²) in [4.78, 5) is 13.0. The average molecular weight is 457 g/mol. The number of furan rings is 1. The molecule has 0 fully saturated rings. The van der Waals surface area contributed by atoms with E-state index in [2.05, 4.69) is 5.32 Å². The Kier molecular flexibility index (Phi) is 5.41. The highest BCUT2D eigenvalue weighted by molar-refractivity contribution is 7.92. The summed E-state index contributed by atoms with van der Waals surface area (Å²) in [7, 11) is -3.75. The molecule has 1 atom stereocenters. The lowest BCUT2D eigenvalue weighted by Gasteiger charge is -2.29. The van der Waals surface area contributed by atoms with E-state index in [1.165, 1.54) is 6.92 Å². The number of hydrogen-bond donors (Lipinski definition) is 1. The number of benzene rings is 3. The van der Waals surface area contributed by atoms with Crippen LogP contribution >= 0.6 is 11.6 Å². The van der Waals surface area contributed by atoms with Crippen LogP contribution in [0.3, 0.4) is 0 Å². The monoisotopic (exact) mass is 456 g/mol. The van der Waals surface area contributed by atoms with Crippen molar-refractivity contribution in [2.45, 2.75) is 19.9 Å². The molecule has 0 bridgehead atoms. The van der Waals surface area contributed by atoms with Crippen molar-refractivity contribution in [3.63, 3.8) is 0 Å². The molecular weight excluding hydrogens is 436 g/mol. The third kappa shape index (κ3) is 4.11. The van der Waals surface area contributed by atoms with Gasteiger partial charge in [0.25, 0.3) is 0 Å². The SMILES string of the molecule is Cc1ccc(Cl)cc1N(C(C)C(=O)Nc1ccc2c(c1)oc1ccccc12)S(C)(=O)=O. The van der Waals surface area contributed by atoms with Gasteiger partial charge in [0.2, 0.25) is 15.9 Å². The number of para-hydroxylation sites is 1. The van der Waals surface area contributed by atoms with Crippen LogP contribution < -0.4 is 9.62 Å². The Morgan fingerprint density at radius 3 is 2.48 bits per heavy atom. The summed E-state index contributed by atoms with van der Waals surface area (Å²) in [6.07, 6.45) is 1.07. The van der Waals surface area contributed by atoms with E-state index in [0.717, 1.165) is 26.9 Å². The van der Waals surface area contributed by atoms with Crippen molar-refractivity contribution in [2.75, 3.05) is 15.9 Å². The van der Waals surface area contributed by atoms with Gasteiger partial charge in [-0.1, -0.05) is 35.9 Å². The van der Waals surface area contributed by atoms with Gasteiger partial charge in [-0.3, -0.25) is 9.10 Å². The Bertz CT molecular complexity index is 1410. The van der Waals surface area contributed by atoms with Crippen LogP contribution in [0.4, 0.5) is 11.4 Å². The normalized spacial score (nSPS) is 12.8. The van der Waals surface area contributed by atoms with Crippen molar-refractivity contribution in [1.82, 2.24) is 0 Å². The van der Waals surface area contributed by atoms with Crippen LogP contribution in [-0.4, -0.2) is 26.6 Å². The second kappa shape index (κ2) is 7.90. The summed E-state index contributed by atoms with van der Waals surface area (Å²) in [5, 5.41) is 5.11. The summed E-state index contributed by atoms with van der Waals surface area (Å²) >= 11 is 6.08. The van der Waals surface area contributed by atoms with E-state index in [9.17, 15) is 13.2 Å². The summed E-state index contributed by atoms with van der Waals surface area (Å²) in [5.41, 5.74) is 2.97. The molecule has 1 aromatic heterocycles. The highest BCUT2D eigenvalue weighted by Gasteiger charge is 2.30. The number of halogens is 1. The lowest BCUT2D eigenvalue weighted by Crippen LogP contribution is -2.45. The predicted octanol–water partition coefficient (Wildman–Crippen LogP) is 5.34. The van der Waals surface area contributed by atoms with E-state index < -0.39 is 22.0 Å². The molecule has 0 aliphatic heterocycles. The van der Waals surface area contributed by atoms with Crippen LogP contribution in [-0.2, 0) is 14.8 Å². The topological polar surface area (TPSA) is 79.6 Å². The first-order valence-corrected chi connectivity index (χ1v) is 11.9. The van der Waals surface area contributed by atoms with Gasteiger partial charge in [-0.2, -0.15) is 0 Å². The van der Waals surface area contributed by atoms with E-state index in [1.807, 2.05) is 30.3 Å². The van der Waals surface area contributed by atoms with Crippen LogP contribution in [0.2, 0.25) is 5.02 Å². The number of nitrogens with zero attached hydrogens (tertiary/aromatic N) is 1. The zero-order chi connectivity index (χ0) is 22.3. The minimum atomic E-state index is -3.75. The third-order valence-corrected chi connectivity index (χ3v) is 6.61. The molecule has 8 heteroatoms. The van der Waals surface area contributed by atoms with E-state index in [-0.39, 0.29) is 0 Å². The fourth-order valence-corrected chi connectivity index (χ4v) is 5.04. The zero-order valence-corrected chi connectivity index (χ0v) is 18.8. The number of rotatable bonds is 5. The van der Waals surface area contributed by atoms with Gasteiger partial charge in [-0.05, 0) is 49.7 Å². The quantitative estimate of drug-likeness (QED) is 0.439. The molecular formula is C23H21ClN2O4S. The van der Waals surface area contributed by atoms with Gasteiger partial charge in [-0.25, -0.2) is 8.42 Å². The van der Waals surface area contributed by atoms with Crippen LogP contribution in [0, 0.1) is 6.92 Å². The van der Waals surface area contributed by atoms with Crippen molar-refractivity contribution in [3.05, 3.63) is 71.2 Å². The molecule has 0 spiro atoms. The Balaban J connectivity index is 1.66. The van der Waals surface area contributed by atoms with Crippen molar-refractivity contribution >= 4 is 60.8 Å². The molecule has 0 saturated heterocycles. The number of amides is 1. The minimum Gasteiger partial charge on any atom is -0.456 e. The molecule has 4 rings (SSSR count). The summed E-state index contributed by atoms with van der Waals surface area (Å²) in [5.74, 6) is -0.472. The first-order valence-electron chi connectivity index (χ1n) is 9.63. The predicted molar refractivity (Wildman–Crippen MR) is 125 cm³/mol. The van der Waals surface area contributed by atoms with E-state index in [0.29, 0.717) is 27.5 Å². The maximum atomic E-state index is 13.0. The molecule has 1 heterocycles. The summed E-state index contributed by atoms with van der Waals surface area (Å²) < 4.78 is 32.1. The van der Waals surface area contributed by atoms with Crippen molar-refractivity contribution in [2.24, 2.45) is 0 Å². The van der Waals surface area contributed by atoms with Gasteiger partial charge in [0.1, 0.15) is 17.2 Å². The molecule has 6 nitrogen and oxygen atoms in total. The highest BCUT2D eigenvalue weighted by atomic mass is 35.5. The molecule has 1 amide bonds. The lowest BCUT2D eigenvalue weighted by molar-refractivity contribution is -0.116. The second-order valence-electron chi connectivity index (χ2n) is 7.46. The molecule has 0 aliphatic carbocycles. The Labute approximate surface area is 185 Å².